The number of nitrogens with zero attached hydrogens (tertiary/aromatic N) is 2. The molecule has 0 radical (unpaired) electrons. The van der Waals surface area contributed by atoms with Gasteiger partial charge in [-0.1, -0.05) is 18.2 Å². The largest absolute Gasteiger partial charge is 0.338 e. The SMILES string of the molecule is Cc1ccc(NC(=O)[C@H]2CC(=O)N(C)[C@H]2c2cccc(F)c2)nc1. The summed E-state index contributed by atoms with van der Waals surface area (Å²) in [5.74, 6) is -0.975. The van der Waals surface area contributed by atoms with E-state index < -0.39 is 12.0 Å². The van der Waals surface area contributed by atoms with Crippen molar-refractivity contribution < 1.29 is 14.0 Å². The molecule has 6 heteroatoms. The molecule has 0 spiro atoms. The molecule has 1 fully saturated rings. The predicted molar refractivity (Wildman–Crippen MR) is 87.6 cm³/mol. The molecule has 1 aromatic heterocycles. The molecule has 1 N–H and O–H groups in total. The minimum atomic E-state index is -0.590. The van der Waals surface area contributed by atoms with E-state index in [1.54, 1.807) is 31.4 Å². The third-order valence-electron chi connectivity index (χ3n) is 4.28. The number of halogens is 1. The van der Waals surface area contributed by atoms with Crippen LogP contribution in [0.3, 0.4) is 0 Å². The van der Waals surface area contributed by atoms with Gasteiger partial charge >= 0.3 is 0 Å². The Labute approximate surface area is 139 Å². The second-order valence-corrected chi connectivity index (χ2v) is 6.03. The first kappa shape index (κ1) is 16.1. The van der Waals surface area contributed by atoms with Crippen molar-refractivity contribution in [3.63, 3.8) is 0 Å². The monoisotopic (exact) mass is 327 g/mol. The van der Waals surface area contributed by atoms with Crippen LogP contribution in [0.1, 0.15) is 23.6 Å². The average molecular weight is 327 g/mol. The number of rotatable bonds is 3. The lowest BCUT2D eigenvalue weighted by Crippen LogP contribution is -2.30. The van der Waals surface area contributed by atoms with Crippen LogP contribution in [0, 0.1) is 18.7 Å². The Morgan fingerprint density at radius 2 is 2.12 bits per heavy atom. The van der Waals surface area contributed by atoms with Crippen molar-refractivity contribution in [2.75, 3.05) is 12.4 Å². The summed E-state index contributed by atoms with van der Waals surface area (Å²) in [6.45, 7) is 1.91. The summed E-state index contributed by atoms with van der Waals surface area (Å²) in [5.41, 5.74) is 1.60. The number of aromatic nitrogens is 1. The molecular weight excluding hydrogens is 309 g/mol. The van der Waals surface area contributed by atoms with E-state index in [2.05, 4.69) is 10.3 Å². The number of likely N-dealkylation sites (tertiary alicyclic amines) is 1. The number of carbonyl (C=O) groups is 2. The highest BCUT2D eigenvalue weighted by molar-refractivity contribution is 5.97. The summed E-state index contributed by atoms with van der Waals surface area (Å²) in [7, 11) is 1.63. The lowest BCUT2D eigenvalue weighted by atomic mass is 9.93. The molecule has 0 unspecified atom stereocenters. The van der Waals surface area contributed by atoms with Crippen molar-refractivity contribution in [2.24, 2.45) is 5.92 Å². The summed E-state index contributed by atoms with van der Waals surface area (Å²) in [6, 6.07) is 9.09. The minimum Gasteiger partial charge on any atom is -0.338 e. The Balaban J connectivity index is 1.85. The van der Waals surface area contributed by atoms with Crippen LogP contribution in [0.2, 0.25) is 0 Å². The molecule has 124 valence electrons. The van der Waals surface area contributed by atoms with Crippen LogP contribution in [0.5, 0.6) is 0 Å². The standard InChI is InChI=1S/C18H18FN3O2/c1-11-6-7-15(20-10-11)21-18(24)14-9-16(23)22(2)17(14)12-4-3-5-13(19)8-12/h3-8,10,14,17H,9H2,1-2H3,(H,20,21,24)/t14-,17-/m0/s1. The highest BCUT2D eigenvalue weighted by atomic mass is 19.1. The maximum absolute atomic E-state index is 13.5. The zero-order valence-electron chi connectivity index (χ0n) is 13.5. The second kappa shape index (κ2) is 6.39. The third-order valence-corrected chi connectivity index (χ3v) is 4.28. The van der Waals surface area contributed by atoms with Gasteiger partial charge in [0.2, 0.25) is 11.8 Å². The highest BCUT2D eigenvalue weighted by Crippen LogP contribution is 2.37. The number of benzene rings is 1. The Hall–Kier alpha value is -2.76. The average Bonchev–Trinajstić information content (AvgIpc) is 2.85. The molecule has 2 heterocycles. The fraction of sp³-hybridized carbons (Fsp3) is 0.278. The van der Waals surface area contributed by atoms with Crippen LogP contribution in [0.4, 0.5) is 10.2 Å². The number of hydrogen-bond donors (Lipinski definition) is 1. The van der Waals surface area contributed by atoms with Crippen LogP contribution >= 0.6 is 0 Å². The number of hydrogen-bond acceptors (Lipinski definition) is 3. The lowest BCUT2D eigenvalue weighted by molar-refractivity contribution is -0.128. The van der Waals surface area contributed by atoms with Crippen LogP contribution in [-0.2, 0) is 9.59 Å². The molecule has 0 bridgehead atoms. The molecular formula is C18H18FN3O2. The van der Waals surface area contributed by atoms with E-state index in [0.717, 1.165) is 5.56 Å². The first-order valence-electron chi connectivity index (χ1n) is 7.70. The Kier molecular flexibility index (Phi) is 4.29. The first-order valence-corrected chi connectivity index (χ1v) is 7.70. The van der Waals surface area contributed by atoms with Gasteiger partial charge in [0.25, 0.3) is 0 Å². The Morgan fingerprint density at radius 3 is 2.79 bits per heavy atom. The van der Waals surface area contributed by atoms with Gasteiger partial charge in [0, 0.05) is 19.7 Å². The van der Waals surface area contributed by atoms with Gasteiger partial charge in [-0.2, -0.15) is 0 Å². The van der Waals surface area contributed by atoms with Gasteiger partial charge in [-0.15, -0.1) is 0 Å². The molecule has 24 heavy (non-hydrogen) atoms. The lowest BCUT2D eigenvalue weighted by Gasteiger charge is -2.24. The van der Waals surface area contributed by atoms with E-state index in [1.165, 1.54) is 17.0 Å². The zero-order chi connectivity index (χ0) is 17.3. The third kappa shape index (κ3) is 3.13. The van der Waals surface area contributed by atoms with Gasteiger partial charge in [-0.25, -0.2) is 9.37 Å². The summed E-state index contributed by atoms with van der Waals surface area (Å²) in [5, 5.41) is 2.74. The van der Waals surface area contributed by atoms with Gasteiger partial charge in [0.05, 0.1) is 12.0 Å². The van der Waals surface area contributed by atoms with Crippen LogP contribution < -0.4 is 5.32 Å². The van der Waals surface area contributed by atoms with E-state index >= 15 is 0 Å². The smallest absolute Gasteiger partial charge is 0.231 e. The van der Waals surface area contributed by atoms with Crippen molar-refractivity contribution in [3.8, 4) is 0 Å². The van der Waals surface area contributed by atoms with E-state index in [9.17, 15) is 14.0 Å². The van der Waals surface area contributed by atoms with Gasteiger partial charge in [-0.05, 0) is 36.2 Å². The van der Waals surface area contributed by atoms with Crippen LogP contribution in [0.25, 0.3) is 0 Å². The molecule has 0 aliphatic carbocycles. The number of aryl methyl sites for hydroxylation is 1. The quantitative estimate of drug-likeness (QED) is 0.943. The minimum absolute atomic E-state index is 0.0926. The molecule has 2 aromatic rings. The summed E-state index contributed by atoms with van der Waals surface area (Å²) in [4.78, 5) is 30.4. The fourth-order valence-corrected chi connectivity index (χ4v) is 3.01. The topological polar surface area (TPSA) is 62.3 Å². The van der Waals surface area contributed by atoms with Crippen LogP contribution in [-0.4, -0.2) is 28.7 Å². The second-order valence-electron chi connectivity index (χ2n) is 6.03. The summed E-state index contributed by atoms with van der Waals surface area (Å²) >= 11 is 0. The van der Waals surface area contributed by atoms with Gasteiger partial charge in [0.1, 0.15) is 11.6 Å². The van der Waals surface area contributed by atoms with Crippen molar-refractivity contribution in [3.05, 3.63) is 59.5 Å². The van der Waals surface area contributed by atoms with E-state index in [-0.39, 0.29) is 24.1 Å². The molecule has 2 atom stereocenters. The Bertz CT molecular complexity index is 776. The van der Waals surface area contributed by atoms with Crippen molar-refractivity contribution in [1.29, 1.82) is 0 Å². The number of carbonyl (C=O) groups excluding carboxylic acids is 2. The first-order chi connectivity index (χ1) is 11.5. The fourth-order valence-electron chi connectivity index (χ4n) is 3.01. The predicted octanol–water partition coefficient (Wildman–Crippen LogP) is 2.69. The highest BCUT2D eigenvalue weighted by Gasteiger charge is 2.42. The van der Waals surface area contributed by atoms with Crippen molar-refractivity contribution in [2.45, 2.75) is 19.4 Å². The molecule has 1 aliphatic heterocycles. The normalized spacial score (nSPS) is 20.3. The number of anilines is 1. The van der Waals surface area contributed by atoms with E-state index in [0.29, 0.717) is 11.4 Å². The van der Waals surface area contributed by atoms with Gasteiger partial charge < -0.3 is 10.2 Å². The summed E-state index contributed by atoms with van der Waals surface area (Å²) in [6.07, 6.45) is 1.75. The van der Waals surface area contributed by atoms with E-state index in [1.807, 2.05) is 13.0 Å². The van der Waals surface area contributed by atoms with Gasteiger partial charge in [-0.3, -0.25) is 9.59 Å². The molecule has 0 saturated carbocycles. The maximum Gasteiger partial charge on any atom is 0.231 e. The number of pyridine rings is 1. The summed E-state index contributed by atoms with van der Waals surface area (Å²) < 4.78 is 13.5. The molecule has 1 saturated heterocycles. The van der Waals surface area contributed by atoms with Crippen LogP contribution in [0.15, 0.2) is 42.6 Å². The molecule has 1 aromatic carbocycles. The number of nitrogens with one attached hydrogen (secondary N) is 1. The maximum atomic E-state index is 13.5. The molecule has 1 aliphatic rings. The number of amides is 2. The van der Waals surface area contributed by atoms with Gasteiger partial charge in [0.15, 0.2) is 0 Å². The van der Waals surface area contributed by atoms with Crippen molar-refractivity contribution >= 4 is 17.6 Å². The molecule has 3 rings (SSSR count). The Morgan fingerprint density at radius 1 is 1.33 bits per heavy atom. The van der Waals surface area contributed by atoms with E-state index in [4.69, 9.17) is 0 Å². The molecule has 2 amide bonds. The van der Waals surface area contributed by atoms with Crippen molar-refractivity contribution in [1.82, 2.24) is 9.88 Å². The molecule has 5 nitrogen and oxygen atoms in total. The zero-order valence-corrected chi connectivity index (χ0v) is 13.5.